The van der Waals surface area contributed by atoms with Gasteiger partial charge in [-0.1, -0.05) is 29.8 Å². The zero-order valence-electron chi connectivity index (χ0n) is 20.3. The lowest BCUT2D eigenvalue weighted by Crippen LogP contribution is -2.71. The van der Waals surface area contributed by atoms with Crippen LogP contribution in [-0.2, 0) is 28.6 Å². The fourth-order valence-electron chi connectivity index (χ4n) is 3.31. The predicted molar refractivity (Wildman–Crippen MR) is 128 cm³/mol. The van der Waals surface area contributed by atoms with Gasteiger partial charge >= 0.3 is 6.09 Å². The van der Waals surface area contributed by atoms with Crippen LogP contribution in [0.4, 0.5) is 4.79 Å². The molecule has 3 atom stereocenters. The first-order valence-electron chi connectivity index (χ1n) is 11.1. The number of nitrogens with one attached hydrogen (secondary N) is 3. The van der Waals surface area contributed by atoms with Crippen LogP contribution in [0.15, 0.2) is 53.4 Å². The highest BCUT2D eigenvalue weighted by molar-refractivity contribution is 7.86. The molecule has 1 aliphatic rings. The van der Waals surface area contributed by atoms with Gasteiger partial charge in [-0.15, -0.1) is 0 Å². The molecule has 3 unspecified atom stereocenters. The normalized spacial score (nSPS) is 18.4. The summed E-state index contributed by atoms with van der Waals surface area (Å²) in [6.45, 7) is 6.40. The van der Waals surface area contributed by atoms with Crippen molar-refractivity contribution >= 4 is 28.0 Å². The van der Waals surface area contributed by atoms with E-state index in [2.05, 4.69) is 16.0 Å². The van der Waals surface area contributed by atoms with E-state index in [0.717, 1.165) is 5.56 Å². The minimum Gasteiger partial charge on any atom is -0.508 e. The molecule has 194 valence electrons. The molecule has 0 aromatic heterocycles. The van der Waals surface area contributed by atoms with Gasteiger partial charge in [-0.2, -0.15) is 8.42 Å². The maximum Gasteiger partial charge on any atom is 0.408 e. The summed E-state index contributed by atoms with van der Waals surface area (Å²) >= 11 is 0. The molecule has 3 amide bonds. The molecule has 2 aromatic rings. The van der Waals surface area contributed by atoms with Gasteiger partial charge in [-0.25, -0.2) is 4.79 Å². The van der Waals surface area contributed by atoms with Crippen LogP contribution in [0.5, 0.6) is 5.75 Å². The van der Waals surface area contributed by atoms with Gasteiger partial charge in [0.15, 0.2) is 0 Å². The number of phenolic OH excluding ortho intramolecular Hbond substituents is 1. The molecule has 1 fully saturated rings. The maximum atomic E-state index is 13.1. The van der Waals surface area contributed by atoms with E-state index in [0.29, 0.717) is 5.56 Å². The molecule has 0 saturated carbocycles. The summed E-state index contributed by atoms with van der Waals surface area (Å²) in [7, 11) is -4.08. The Morgan fingerprint density at radius 3 is 2.25 bits per heavy atom. The number of phenols is 1. The topological polar surface area (TPSA) is 160 Å². The van der Waals surface area contributed by atoms with Gasteiger partial charge in [-0.05, 0) is 57.5 Å². The Hall–Kier alpha value is -3.64. The zero-order valence-corrected chi connectivity index (χ0v) is 21.1. The van der Waals surface area contributed by atoms with Crippen LogP contribution in [-0.4, -0.2) is 55.7 Å². The van der Waals surface area contributed by atoms with Crippen molar-refractivity contribution in [3.63, 3.8) is 0 Å². The van der Waals surface area contributed by atoms with Crippen molar-refractivity contribution < 1.29 is 36.8 Å². The molecule has 1 saturated heterocycles. The number of aromatic hydroxyl groups is 1. The first kappa shape index (κ1) is 27.0. The Bertz CT molecular complexity index is 1220. The van der Waals surface area contributed by atoms with Crippen LogP contribution < -0.4 is 16.0 Å². The second-order valence-electron chi connectivity index (χ2n) is 9.32. The monoisotopic (exact) mass is 519 g/mol. The van der Waals surface area contributed by atoms with Crippen molar-refractivity contribution in [2.45, 2.75) is 56.3 Å². The minimum atomic E-state index is -4.08. The van der Waals surface area contributed by atoms with Crippen molar-refractivity contribution in [3.8, 4) is 5.75 Å². The quantitative estimate of drug-likeness (QED) is 0.303. The number of amides is 3. The van der Waals surface area contributed by atoms with Crippen molar-refractivity contribution in [1.29, 1.82) is 0 Å². The van der Waals surface area contributed by atoms with Crippen LogP contribution in [0.2, 0.25) is 0 Å². The van der Waals surface area contributed by atoms with E-state index in [4.69, 9.17) is 8.92 Å². The van der Waals surface area contributed by atoms with E-state index < -0.39 is 58.4 Å². The third-order valence-corrected chi connectivity index (χ3v) is 6.47. The fraction of sp³-hybridized carbons (Fsp3) is 0.375. The SMILES string of the molecule is Cc1ccc(S(=O)(=O)OCC2NC(=O)C2NC(=O)C(NC(=O)OC(C)(C)C)c2ccc(O)cc2)cc1. The van der Waals surface area contributed by atoms with E-state index >= 15 is 0 Å². The number of hydrogen-bond acceptors (Lipinski definition) is 8. The number of aryl methyl sites for hydroxylation is 1. The van der Waals surface area contributed by atoms with Crippen molar-refractivity contribution in [3.05, 3.63) is 59.7 Å². The molecule has 0 aliphatic carbocycles. The lowest BCUT2D eigenvalue weighted by molar-refractivity contribution is -0.137. The van der Waals surface area contributed by atoms with Gasteiger partial charge in [0.1, 0.15) is 23.4 Å². The van der Waals surface area contributed by atoms with E-state index in [1.807, 2.05) is 6.92 Å². The highest BCUT2D eigenvalue weighted by Crippen LogP contribution is 2.20. The Balaban J connectivity index is 1.69. The molecule has 1 heterocycles. The van der Waals surface area contributed by atoms with Gasteiger partial charge in [0, 0.05) is 0 Å². The lowest BCUT2D eigenvalue weighted by Gasteiger charge is -2.37. The third-order valence-electron chi connectivity index (χ3n) is 5.17. The molecule has 11 nitrogen and oxygen atoms in total. The van der Waals surface area contributed by atoms with Crippen LogP contribution in [0.3, 0.4) is 0 Å². The van der Waals surface area contributed by atoms with Gasteiger partial charge in [0.05, 0.1) is 17.5 Å². The molecule has 0 spiro atoms. The Labute approximate surface area is 209 Å². The summed E-state index contributed by atoms with van der Waals surface area (Å²) in [6.07, 6.45) is -0.863. The highest BCUT2D eigenvalue weighted by Gasteiger charge is 2.42. The number of rotatable bonds is 8. The van der Waals surface area contributed by atoms with E-state index in [1.54, 1.807) is 32.9 Å². The number of carbonyl (C=O) groups is 3. The summed E-state index contributed by atoms with van der Waals surface area (Å²) < 4.78 is 35.2. The van der Waals surface area contributed by atoms with Gasteiger partial charge in [-0.3, -0.25) is 13.8 Å². The van der Waals surface area contributed by atoms with Crippen molar-refractivity contribution in [1.82, 2.24) is 16.0 Å². The lowest BCUT2D eigenvalue weighted by atomic mass is 9.98. The average molecular weight is 520 g/mol. The number of alkyl carbamates (subject to hydrolysis) is 1. The number of benzene rings is 2. The highest BCUT2D eigenvalue weighted by atomic mass is 32.2. The summed E-state index contributed by atoms with van der Waals surface area (Å²) in [5, 5.41) is 17.1. The molecule has 0 bridgehead atoms. The van der Waals surface area contributed by atoms with Crippen LogP contribution in [0, 0.1) is 6.92 Å². The first-order valence-corrected chi connectivity index (χ1v) is 12.5. The molecule has 2 aromatic carbocycles. The molecule has 4 N–H and O–H groups in total. The number of carbonyl (C=O) groups excluding carboxylic acids is 3. The molecule has 36 heavy (non-hydrogen) atoms. The number of β-lactam (4-membered cyclic amide) rings is 1. The van der Waals surface area contributed by atoms with E-state index in [-0.39, 0.29) is 10.6 Å². The maximum absolute atomic E-state index is 13.1. The molecule has 1 aliphatic heterocycles. The van der Waals surface area contributed by atoms with Crippen molar-refractivity contribution in [2.24, 2.45) is 0 Å². The summed E-state index contributed by atoms with van der Waals surface area (Å²) in [5.74, 6) is -1.32. The van der Waals surface area contributed by atoms with Crippen LogP contribution in [0.25, 0.3) is 0 Å². The summed E-state index contributed by atoms with van der Waals surface area (Å²) in [6, 6.07) is 8.48. The van der Waals surface area contributed by atoms with E-state index in [1.165, 1.54) is 36.4 Å². The van der Waals surface area contributed by atoms with Gasteiger partial charge in [0.25, 0.3) is 10.1 Å². The first-order chi connectivity index (χ1) is 16.7. The smallest absolute Gasteiger partial charge is 0.408 e. The molecule has 3 rings (SSSR count). The van der Waals surface area contributed by atoms with Gasteiger partial charge in [0.2, 0.25) is 11.8 Å². The summed E-state index contributed by atoms with van der Waals surface area (Å²) in [4.78, 5) is 37.6. The number of ether oxygens (including phenoxy) is 1. The molecular formula is C24H29N3O8S. The fourth-order valence-corrected chi connectivity index (χ4v) is 4.24. The van der Waals surface area contributed by atoms with Crippen LogP contribution >= 0.6 is 0 Å². The Morgan fingerprint density at radius 2 is 1.69 bits per heavy atom. The number of hydrogen-bond donors (Lipinski definition) is 4. The molecule has 0 radical (unpaired) electrons. The predicted octanol–water partition coefficient (Wildman–Crippen LogP) is 1.66. The second kappa shape index (κ2) is 10.5. The summed E-state index contributed by atoms with van der Waals surface area (Å²) in [5.41, 5.74) is 0.385. The Kier molecular flexibility index (Phi) is 7.89. The standard InChI is InChI=1S/C24H29N3O8S/c1-14-5-11-17(12-6-14)36(32,33)34-13-18-20(22(30)25-18)26-21(29)19(15-7-9-16(28)10-8-15)27-23(31)35-24(2,3)4/h5-12,18-20,28H,13H2,1-4H3,(H,25,30)(H,26,29)(H,27,31). The minimum absolute atomic E-state index is 0.0340. The zero-order chi connectivity index (χ0) is 26.7. The Morgan fingerprint density at radius 1 is 1.08 bits per heavy atom. The van der Waals surface area contributed by atoms with E-state index in [9.17, 15) is 27.9 Å². The van der Waals surface area contributed by atoms with Crippen LogP contribution in [0.1, 0.15) is 37.9 Å². The molecular weight excluding hydrogens is 490 g/mol. The van der Waals surface area contributed by atoms with Gasteiger partial charge < -0.3 is 25.8 Å². The molecule has 12 heteroatoms. The average Bonchev–Trinajstić information content (AvgIpc) is 2.78. The largest absolute Gasteiger partial charge is 0.508 e. The third kappa shape index (κ3) is 6.95. The second-order valence-corrected chi connectivity index (χ2v) is 10.9. The van der Waals surface area contributed by atoms with Crippen molar-refractivity contribution in [2.75, 3.05) is 6.61 Å².